The third-order valence-electron chi connectivity index (χ3n) is 2.14. The van der Waals surface area contributed by atoms with Gasteiger partial charge in [0.2, 0.25) is 0 Å². The second-order valence-corrected chi connectivity index (χ2v) is 7.24. The Bertz CT molecular complexity index is 510. The normalized spacial score (nSPS) is 15.4. The van der Waals surface area contributed by atoms with Crippen LogP contribution in [0.3, 0.4) is 0 Å². The van der Waals surface area contributed by atoms with Gasteiger partial charge in [-0.25, -0.2) is 4.57 Å². The largest absolute Gasteiger partial charge is 0.586 e. The minimum Gasteiger partial charge on any atom is -0.402 e. The fraction of sp³-hybridized carbons (Fsp3) is 0.429. The zero-order valence-electron chi connectivity index (χ0n) is 12.5. The van der Waals surface area contributed by atoms with Crippen LogP contribution in [0.1, 0.15) is 20.8 Å². The first kappa shape index (κ1) is 18.1. The molecule has 0 bridgehead atoms. The van der Waals surface area contributed by atoms with Gasteiger partial charge in [-0.3, -0.25) is 4.52 Å². The van der Waals surface area contributed by atoms with Gasteiger partial charge in [-0.15, -0.1) is 0 Å². The van der Waals surface area contributed by atoms with Gasteiger partial charge in [0.05, 0.1) is 17.2 Å². The summed E-state index contributed by atoms with van der Waals surface area (Å²) < 4.78 is 32.8. The number of hydrogen-bond acceptors (Lipinski definition) is 5. The van der Waals surface area contributed by atoms with Gasteiger partial charge in [0.1, 0.15) is 12.0 Å². The average molecular weight is 335 g/mol. The molecule has 0 amide bonds. The molecule has 0 aromatic heterocycles. The van der Waals surface area contributed by atoms with Crippen molar-refractivity contribution in [2.75, 3.05) is 13.7 Å². The van der Waals surface area contributed by atoms with Crippen LogP contribution in [0.15, 0.2) is 41.6 Å². The summed E-state index contributed by atoms with van der Waals surface area (Å²) in [6, 6.07) is 8.59. The van der Waals surface area contributed by atoms with Crippen LogP contribution in [0.2, 0.25) is 0 Å². The molecule has 0 N–H and O–H groups in total. The maximum Gasteiger partial charge on any atom is 0.586 e. The fourth-order valence-corrected chi connectivity index (χ4v) is 2.15. The summed E-state index contributed by atoms with van der Waals surface area (Å²) in [7, 11) is -2.52. The summed E-state index contributed by atoms with van der Waals surface area (Å²) in [6.45, 7) is 5.84. The van der Waals surface area contributed by atoms with E-state index >= 15 is 0 Å². The maximum atomic E-state index is 12.2. The molecule has 1 unspecified atom stereocenters. The second-order valence-electron chi connectivity index (χ2n) is 5.11. The van der Waals surface area contributed by atoms with E-state index in [1.807, 2.05) is 26.8 Å². The second kappa shape index (κ2) is 7.85. The SMILES string of the molecule is COP(=O)(O/C=C(\Cl)COC(C)(C)C)Oc1ccccc1. The first-order valence-corrected chi connectivity index (χ1v) is 8.15. The predicted molar refractivity (Wildman–Crippen MR) is 82.4 cm³/mol. The Hall–Kier alpha value is -1.00. The van der Waals surface area contributed by atoms with E-state index in [9.17, 15) is 4.57 Å². The molecule has 0 heterocycles. The Morgan fingerprint density at radius 1 is 1.29 bits per heavy atom. The standard InChI is InChI=1S/C14H20ClO5P/c1-14(2,3)18-10-12(15)11-19-21(16,17-4)20-13-8-6-5-7-9-13/h5-9,11H,10H2,1-4H3/b12-11-. The highest BCUT2D eigenvalue weighted by molar-refractivity contribution is 7.49. The zero-order valence-corrected chi connectivity index (χ0v) is 14.2. The van der Waals surface area contributed by atoms with Crippen molar-refractivity contribution in [2.45, 2.75) is 26.4 Å². The van der Waals surface area contributed by atoms with Crippen molar-refractivity contribution in [3.63, 3.8) is 0 Å². The summed E-state index contributed by atoms with van der Waals surface area (Å²) in [4.78, 5) is 0. The summed E-state index contributed by atoms with van der Waals surface area (Å²) in [6.07, 6.45) is 1.11. The van der Waals surface area contributed by atoms with Crippen molar-refractivity contribution < 1.29 is 22.9 Å². The average Bonchev–Trinajstić information content (AvgIpc) is 2.43. The van der Waals surface area contributed by atoms with Gasteiger partial charge in [-0.2, -0.15) is 0 Å². The molecule has 118 valence electrons. The quantitative estimate of drug-likeness (QED) is 0.533. The molecule has 0 spiro atoms. The van der Waals surface area contributed by atoms with Crippen LogP contribution in [-0.4, -0.2) is 19.3 Å². The molecule has 1 aromatic rings. The highest BCUT2D eigenvalue weighted by atomic mass is 35.5. The van der Waals surface area contributed by atoms with Crippen LogP contribution in [0.4, 0.5) is 0 Å². The van der Waals surface area contributed by atoms with Gasteiger partial charge < -0.3 is 13.8 Å². The van der Waals surface area contributed by atoms with Crippen molar-refractivity contribution in [2.24, 2.45) is 0 Å². The van der Waals surface area contributed by atoms with E-state index < -0.39 is 7.82 Å². The number of halogens is 1. The molecule has 7 heteroatoms. The molecule has 0 aliphatic carbocycles. The van der Waals surface area contributed by atoms with E-state index in [0.29, 0.717) is 5.75 Å². The topological polar surface area (TPSA) is 54.0 Å². The zero-order chi connectivity index (χ0) is 15.9. The lowest BCUT2D eigenvalue weighted by Crippen LogP contribution is -2.19. The molecule has 0 saturated heterocycles. The van der Waals surface area contributed by atoms with Gasteiger partial charge >= 0.3 is 7.82 Å². The minimum atomic E-state index is -3.76. The molecule has 0 saturated carbocycles. The van der Waals surface area contributed by atoms with E-state index in [4.69, 9.17) is 29.9 Å². The number of para-hydroxylation sites is 1. The number of rotatable bonds is 7. The molecule has 1 atom stereocenters. The Labute approximate surface area is 130 Å². The Morgan fingerprint density at radius 3 is 2.43 bits per heavy atom. The summed E-state index contributed by atoms with van der Waals surface area (Å²) in [5.41, 5.74) is -0.334. The van der Waals surface area contributed by atoms with Gasteiger partial charge in [0.25, 0.3) is 0 Å². The van der Waals surface area contributed by atoms with E-state index in [1.54, 1.807) is 24.3 Å². The molecule has 1 rings (SSSR count). The predicted octanol–water partition coefficient (Wildman–Crippen LogP) is 4.73. The molecule has 0 fully saturated rings. The maximum absolute atomic E-state index is 12.2. The summed E-state index contributed by atoms with van der Waals surface area (Å²) >= 11 is 5.93. The van der Waals surface area contributed by atoms with E-state index in [2.05, 4.69) is 0 Å². The van der Waals surface area contributed by atoms with Crippen LogP contribution in [0.25, 0.3) is 0 Å². The molecular formula is C14H20ClO5P. The number of phosphoric ester groups is 1. The van der Waals surface area contributed by atoms with Crippen molar-refractivity contribution >= 4 is 19.4 Å². The van der Waals surface area contributed by atoms with Crippen LogP contribution in [0.5, 0.6) is 5.75 Å². The van der Waals surface area contributed by atoms with Gasteiger partial charge in [-0.1, -0.05) is 29.8 Å². The minimum absolute atomic E-state index is 0.139. The van der Waals surface area contributed by atoms with Crippen molar-refractivity contribution in [1.29, 1.82) is 0 Å². The lowest BCUT2D eigenvalue weighted by Gasteiger charge is -2.19. The van der Waals surface area contributed by atoms with Crippen LogP contribution >= 0.6 is 19.4 Å². The van der Waals surface area contributed by atoms with Crippen molar-refractivity contribution in [1.82, 2.24) is 0 Å². The Kier molecular flexibility index (Phi) is 6.75. The monoisotopic (exact) mass is 334 g/mol. The molecular weight excluding hydrogens is 315 g/mol. The number of phosphoric acid groups is 1. The summed E-state index contributed by atoms with van der Waals surface area (Å²) in [5, 5.41) is 0.249. The summed E-state index contributed by atoms with van der Waals surface area (Å²) in [5.74, 6) is 0.373. The lowest BCUT2D eigenvalue weighted by atomic mass is 10.2. The van der Waals surface area contributed by atoms with Crippen LogP contribution in [0, 0.1) is 0 Å². The molecule has 5 nitrogen and oxygen atoms in total. The first-order valence-electron chi connectivity index (χ1n) is 6.31. The molecule has 21 heavy (non-hydrogen) atoms. The van der Waals surface area contributed by atoms with Crippen molar-refractivity contribution in [3.05, 3.63) is 41.6 Å². The number of benzene rings is 1. The Morgan fingerprint density at radius 2 is 1.90 bits per heavy atom. The fourth-order valence-electron chi connectivity index (χ4n) is 1.15. The van der Waals surface area contributed by atoms with E-state index in [0.717, 1.165) is 6.26 Å². The van der Waals surface area contributed by atoms with Crippen LogP contribution in [-0.2, 0) is 18.3 Å². The molecule has 0 aliphatic rings. The highest BCUT2D eigenvalue weighted by Crippen LogP contribution is 2.49. The third-order valence-corrected chi connectivity index (χ3v) is 3.58. The van der Waals surface area contributed by atoms with E-state index in [1.165, 1.54) is 7.11 Å². The smallest absolute Gasteiger partial charge is 0.402 e. The Balaban J connectivity index is 2.62. The number of hydrogen-bond donors (Lipinski definition) is 0. The van der Waals surface area contributed by atoms with Crippen molar-refractivity contribution in [3.8, 4) is 5.75 Å². The van der Waals surface area contributed by atoms with E-state index in [-0.39, 0.29) is 17.2 Å². The van der Waals surface area contributed by atoms with Gasteiger partial charge in [0.15, 0.2) is 0 Å². The lowest BCUT2D eigenvalue weighted by molar-refractivity contribution is 0.0129. The molecule has 0 aliphatic heterocycles. The molecule has 1 aromatic carbocycles. The van der Waals surface area contributed by atoms with Gasteiger partial charge in [-0.05, 0) is 32.9 Å². The molecule has 0 radical (unpaired) electrons. The van der Waals surface area contributed by atoms with Crippen LogP contribution < -0.4 is 4.52 Å². The third kappa shape index (κ3) is 7.53. The van der Waals surface area contributed by atoms with Gasteiger partial charge in [0, 0.05) is 7.11 Å². The first-order chi connectivity index (χ1) is 9.74. The number of ether oxygens (including phenoxy) is 1. The highest BCUT2D eigenvalue weighted by Gasteiger charge is 2.27.